The van der Waals surface area contributed by atoms with Gasteiger partial charge in [-0.2, -0.15) is 0 Å². The van der Waals surface area contributed by atoms with E-state index in [1.807, 2.05) is 0 Å². The normalized spacial score (nSPS) is 11.3. The fraction of sp³-hybridized carbons (Fsp3) is 0.955. The van der Waals surface area contributed by atoms with Gasteiger partial charge < -0.3 is 9.45 Å². The van der Waals surface area contributed by atoms with Crippen LogP contribution in [0.15, 0.2) is 0 Å². The number of rotatable bonds is 20. The monoisotopic (exact) mass is 441 g/mol. The van der Waals surface area contributed by atoms with Gasteiger partial charge in [0.2, 0.25) is 5.91 Å². The molecule has 0 aromatic rings. The Hall–Kier alpha value is 0.380. The van der Waals surface area contributed by atoms with Gasteiger partial charge in [-0.3, -0.25) is 4.79 Å². The maximum atomic E-state index is 11.9. The standard InChI is InChI=1S/C22H45NO4S.Na/c1-3-4-5-6-7-8-9-10-11-12-13-14-15-16-17-19-22(24)23(2)20-18-21-28(25,26)27;/h3-21H2,1-2H3,(H,25,26,27);/q;+1/p-1. The smallest absolute Gasteiger partial charge is 0.748 e. The van der Waals surface area contributed by atoms with E-state index in [0.717, 1.165) is 12.8 Å². The van der Waals surface area contributed by atoms with Gasteiger partial charge in [-0.25, -0.2) is 8.42 Å². The van der Waals surface area contributed by atoms with Crippen molar-refractivity contribution < 1.29 is 47.3 Å². The van der Waals surface area contributed by atoms with Crippen LogP contribution >= 0.6 is 0 Å². The second-order valence-electron chi connectivity index (χ2n) is 8.13. The van der Waals surface area contributed by atoms with E-state index >= 15 is 0 Å². The molecule has 0 bridgehead atoms. The Labute approximate surface area is 202 Å². The van der Waals surface area contributed by atoms with E-state index in [9.17, 15) is 17.8 Å². The Balaban J connectivity index is 0. The summed E-state index contributed by atoms with van der Waals surface area (Å²) in [5.74, 6) is -0.359. The molecule has 0 radical (unpaired) electrons. The second-order valence-corrected chi connectivity index (χ2v) is 9.65. The number of hydrogen-bond donors (Lipinski definition) is 0. The molecule has 0 fully saturated rings. The molecule has 0 aromatic heterocycles. The van der Waals surface area contributed by atoms with Gasteiger partial charge in [0.05, 0.1) is 10.1 Å². The number of carbonyl (C=O) groups excluding carboxylic acids is 1. The van der Waals surface area contributed by atoms with Crippen molar-refractivity contribution >= 4 is 16.0 Å². The molecule has 0 aliphatic carbocycles. The fourth-order valence-electron chi connectivity index (χ4n) is 3.44. The zero-order valence-electron chi connectivity index (χ0n) is 19.4. The minimum atomic E-state index is -4.18. The van der Waals surface area contributed by atoms with Crippen LogP contribution < -0.4 is 29.6 Å². The van der Waals surface area contributed by atoms with Gasteiger partial charge in [-0.15, -0.1) is 0 Å². The Morgan fingerprint density at radius 1 is 0.724 bits per heavy atom. The van der Waals surface area contributed by atoms with Crippen molar-refractivity contribution in [3.05, 3.63) is 0 Å². The first kappa shape index (κ1) is 31.6. The summed E-state index contributed by atoms with van der Waals surface area (Å²) in [6.45, 7) is 2.59. The summed E-state index contributed by atoms with van der Waals surface area (Å²) >= 11 is 0. The van der Waals surface area contributed by atoms with Crippen molar-refractivity contribution in [2.75, 3.05) is 19.3 Å². The first-order chi connectivity index (χ1) is 13.4. The van der Waals surface area contributed by atoms with Gasteiger partial charge in [0, 0.05) is 25.8 Å². The van der Waals surface area contributed by atoms with Crippen LogP contribution in [0.3, 0.4) is 0 Å². The van der Waals surface area contributed by atoms with Crippen LogP contribution in [0.5, 0.6) is 0 Å². The molecular weight excluding hydrogens is 397 g/mol. The summed E-state index contributed by atoms with van der Waals surface area (Å²) in [4.78, 5) is 13.5. The van der Waals surface area contributed by atoms with E-state index in [0.29, 0.717) is 13.0 Å². The summed E-state index contributed by atoms with van der Waals surface area (Å²) in [5.41, 5.74) is 0. The van der Waals surface area contributed by atoms with Crippen molar-refractivity contribution in [3.63, 3.8) is 0 Å². The van der Waals surface area contributed by atoms with Gasteiger partial charge >= 0.3 is 29.6 Å². The van der Waals surface area contributed by atoms with Crippen molar-refractivity contribution in [1.29, 1.82) is 0 Å². The predicted molar refractivity (Wildman–Crippen MR) is 116 cm³/mol. The van der Waals surface area contributed by atoms with Crippen LogP contribution in [-0.2, 0) is 14.9 Å². The maximum Gasteiger partial charge on any atom is 1.00 e. The van der Waals surface area contributed by atoms with Crippen LogP contribution in [-0.4, -0.2) is 43.1 Å². The molecule has 0 atom stereocenters. The summed E-state index contributed by atoms with van der Waals surface area (Å²) in [6.07, 6.45) is 20.2. The molecule has 1 amide bonds. The zero-order valence-corrected chi connectivity index (χ0v) is 22.2. The Morgan fingerprint density at radius 2 is 1.10 bits per heavy atom. The summed E-state index contributed by atoms with van der Waals surface area (Å²) in [7, 11) is -2.51. The average molecular weight is 442 g/mol. The van der Waals surface area contributed by atoms with Gasteiger partial charge in [0.25, 0.3) is 0 Å². The molecule has 168 valence electrons. The Morgan fingerprint density at radius 3 is 1.48 bits per heavy atom. The van der Waals surface area contributed by atoms with Crippen LogP contribution in [0.1, 0.15) is 116 Å². The molecule has 0 spiro atoms. The molecule has 0 saturated carbocycles. The van der Waals surface area contributed by atoms with E-state index < -0.39 is 15.9 Å². The molecule has 0 rings (SSSR count). The summed E-state index contributed by atoms with van der Waals surface area (Å²) in [5, 5.41) is 0. The second kappa shape index (κ2) is 21.6. The van der Waals surface area contributed by atoms with E-state index in [-0.39, 0.29) is 41.9 Å². The first-order valence-electron chi connectivity index (χ1n) is 11.5. The number of amides is 1. The predicted octanol–water partition coefficient (Wildman–Crippen LogP) is 2.65. The first-order valence-corrected chi connectivity index (χ1v) is 13.1. The number of carbonyl (C=O) groups is 1. The number of hydrogen-bond acceptors (Lipinski definition) is 4. The maximum absolute atomic E-state index is 11.9. The molecule has 0 N–H and O–H groups in total. The van der Waals surface area contributed by atoms with Crippen LogP contribution in [0.2, 0.25) is 0 Å². The molecule has 29 heavy (non-hydrogen) atoms. The van der Waals surface area contributed by atoms with E-state index in [1.54, 1.807) is 7.05 Å². The Bertz CT molecular complexity index is 471. The fourth-order valence-corrected chi connectivity index (χ4v) is 3.92. The van der Waals surface area contributed by atoms with Crippen LogP contribution in [0, 0.1) is 0 Å². The van der Waals surface area contributed by atoms with E-state index in [4.69, 9.17) is 0 Å². The van der Waals surface area contributed by atoms with Crippen molar-refractivity contribution in [2.24, 2.45) is 0 Å². The molecule has 0 aromatic carbocycles. The molecule has 0 aliphatic heterocycles. The minimum Gasteiger partial charge on any atom is -0.748 e. The largest absolute Gasteiger partial charge is 1.00 e. The molecule has 5 nitrogen and oxygen atoms in total. The van der Waals surface area contributed by atoms with Crippen molar-refractivity contribution in [2.45, 2.75) is 116 Å². The van der Waals surface area contributed by atoms with Gasteiger partial charge in [-0.05, 0) is 12.8 Å². The summed E-state index contributed by atoms with van der Waals surface area (Å²) < 4.78 is 31.7. The third-order valence-corrected chi connectivity index (χ3v) is 6.10. The Kier molecular flexibility index (Phi) is 23.5. The minimum absolute atomic E-state index is 0. The molecule has 7 heteroatoms. The topological polar surface area (TPSA) is 77.5 Å². The number of unbranched alkanes of at least 4 members (excludes halogenated alkanes) is 14. The third-order valence-electron chi connectivity index (χ3n) is 5.31. The third kappa shape index (κ3) is 24.5. The van der Waals surface area contributed by atoms with Gasteiger partial charge in [0.15, 0.2) is 0 Å². The van der Waals surface area contributed by atoms with Crippen molar-refractivity contribution in [1.82, 2.24) is 4.90 Å². The van der Waals surface area contributed by atoms with Gasteiger partial charge in [0.1, 0.15) is 0 Å². The quantitative estimate of drug-likeness (QED) is 0.165. The molecule has 0 heterocycles. The van der Waals surface area contributed by atoms with Crippen LogP contribution in [0.25, 0.3) is 0 Å². The van der Waals surface area contributed by atoms with Gasteiger partial charge in [-0.1, -0.05) is 96.8 Å². The summed E-state index contributed by atoms with van der Waals surface area (Å²) in [6, 6.07) is 0. The average Bonchev–Trinajstić information content (AvgIpc) is 2.63. The molecule has 0 unspecified atom stereocenters. The van der Waals surface area contributed by atoms with Crippen molar-refractivity contribution in [3.8, 4) is 0 Å². The SMILES string of the molecule is CCCCCCCCCCCCCCCCCC(=O)N(C)CCCS(=O)(=O)[O-].[Na+]. The van der Waals surface area contributed by atoms with Crippen LogP contribution in [0.4, 0.5) is 0 Å². The zero-order chi connectivity index (χ0) is 21.1. The van der Waals surface area contributed by atoms with E-state index in [2.05, 4.69) is 6.92 Å². The molecule has 0 saturated heterocycles. The molecular formula is C22H44NNaO4S. The van der Waals surface area contributed by atoms with E-state index in [1.165, 1.54) is 88.4 Å². The molecule has 0 aliphatic rings. The number of nitrogens with zero attached hydrogens (tertiary/aromatic N) is 1.